The predicted octanol–water partition coefficient (Wildman–Crippen LogP) is 2.21. The van der Waals surface area contributed by atoms with E-state index in [0.29, 0.717) is 12.8 Å². The summed E-state index contributed by atoms with van der Waals surface area (Å²) in [5, 5.41) is 5.64. The minimum Gasteiger partial charge on any atom is -0.496 e. The van der Waals surface area contributed by atoms with Gasteiger partial charge in [-0.1, -0.05) is 30.3 Å². The van der Waals surface area contributed by atoms with Crippen molar-refractivity contribution < 1.29 is 9.53 Å². The fourth-order valence-electron chi connectivity index (χ4n) is 3.07. The van der Waals surface area contributed by atoms with Gasteiger partial charge in [0.2, 0.25) is 5.91 Å². The number of nitrogens with one attached hydrogen (secondary N) is 1. The number of carbonyl (C=O) groups is 1. The Balaban J connectivity index is 1.79. The van der Waals surface area contributed by atoms with Gasteiger partial charge >= 0.3 is 0 Å². The molecule has 4 heteroatoms. The van der Waals surface area contributed by atoms with Crippen LogP contribution in [0.3, 0.4) is 0 Å². The Morgan fingerprint density at radius 3 is 2.73 bits per heavy atom. The van der Waals surface area contributed by atoms with E-state index in [4.69, 9.17) is 4.74 Å². The molecule has 0 aromatic heterocycles. The lowest BCUT2D eigenvalue weighted by Gasteiger charge is -2.27. The molecule has 1 N–H and O–H groups in total. The zero-order valence-electron chi connectivity index (χ0n) is 13.0. The smallest absolute Gasteiger partial charge is 0.222 e. The lowest BCUT2D eigenvalue weighted by molar-refractivity contribution is -0.131. The average molecular weight is 298 g/mol. The second-order valence-electron chi connectivity index (χ2n) is 5.60. The zero-order valence-corrected chi connectivity index (χ0v) is 13.0. The van der Waals surface area contributed by atoms with Crippen LogP contribution in [0.2, 0.25) is 0 Å². The molecule has 1 saturated heterocycles. The first-order chi connectivity index (χ1) is 10.8. The minimum absolute atomic E-state index is 0.233. The fraction of sp³-hybridized carbons (Fsp3) is 0.389. The first-order valence-electron chi connectivity index (χ1n) is 7.82. The quantitative estimate of drug-likeness (QED) is 0.941. The largest absolute Gasteiger partial charge is 0.496 e. The number of nitrogens with zero attached hydrogens (tertiary/aromatic N) is 1. The number of benzene rings is 2. The summed E-state index contributed by atoms with van der Waals surface area (Å²) < 4.78 is 5.50. The number of hydrogen-bond donors (Lipinski definition) is 1. The van der Waals surface area contributed by atoms with Crippen molar-refractivity contribution in [3.8, 4) is 5.75 Å². The summed E-state index contributed by atoms with van der Waals surface area (Å²) in [4.78, 5) is 14.3. The molecule has 1 aliphatic heterocycles. The molecule has 0 aliphatic carbocycles. The molecule has 2 aromatic rings. The Morgan fingerprint density at radius 2 is 1.95 bits per heavy atom. The summed E-state index contributed by atoms with van der Waals surface area (Å²) in [6, 6.07) is 12.3. The third kappa shape index (κ3) is 3.07. The van der Waals surface area contributed by atoms with Crippen LogP contribution in [0.1, 0.15) is 12.0 Å². The number of rotatable bonds is 4. The van der Waals surface area contributed by atoms with Crippen LogP contribution in [0.4, 0.5) is 0 Å². The van der Waals surface area contributed by atoms with E-state index in [9.17, 15) is 4.79 Å². The van der Waals surface area contributed by atoms with Crippen LogP contribution in [0.5, 0.6) is 5.75 Å². The van der Waals surface area contributed by atoms with Crippen LogP contribution in [0.25, 0.3) is 10.8 Å². The van der Waals surface area contributed by atoms with Crippen molar-refractivity contribution in [2.75, 3.05) is 33.3 Å². The highest BCUT2D eigenvalue weighted by Gasteiger charge is 2.17. The summed E-state index contributed by atoms with van der Waals surface area (Å²) in [5.41, 5.74) is 1.13. The van der Waals surface area contributed by atoms with E-state index in [1.807, 2.05) is 23.1 Å². The van der Waals surface area contributed by atoms with Crippen molar-refractivity contribution in [2.24, 2.45) is 0 Å². The molecule has 0 unspecified atom stereocenters. The third-order valence-corrected chi connectivity index (χ3v) is 4.28. The van der Waals surface area contributed by atoms with Crippen LogP contribution in [-0.2, 0) is 11.2 Å². The molecule has 22 heavy (non-hydrogen) atoms. The molecular formula is C18H22N2O2. The van der Waals surface area contributed by atoms with E-state index >= 15 is 0 Å². The molecule has 1 heterocycles. The van der Waals surface area contributed by atoms with E-state index in [0.717, 1.165) is 37.5 Å². The van der Waals surface area contributed by atoms with Crippen molar-refractivity contribution in [3.05, 3.63) is 42.0 Å². The van der Waals surface area contributed by atoms with Crippen LogP contribution in [0, 0.1) is 0 Å². The maximum Gasteiger partial charge on any atom is 0.222 e. The SMILES string of the molecule is COc1ccc2ccccc2c1CCC(=O)N1CCNCC1. The number of methoxy groups -OCH3 is 1. The molecule has 0 spiro atoms. The maximum absolute atomic E-state index is 12.4. The van der Waals surface area contributed by atoms with Crippen molar-refractivity contribution >= 4 is 16.7 Å². The van der Waals surface area contributed by atoms with Gasteiger partial charge in [-0.25, -0.2) is 0 Å². The fourth-order valence-corrected chi connectivity index (χ4v) is 3.07. The van der Waals surface area contributed by atoms with Crippen LogP contribution < -0.4 is 10.1 Å². The average Bonchev–Trinajstić information content (AvgIpc) is 2.60. The summed E-state index contributed by atoms with van der Waals surface area (Å²) in [6.45, 7) is 3.41. The molecule has 1 amide bonds. The minimum atomic E-state index is 0.233. The summed E-state index contributed by atoms with van der Waals surface area (Å²) in [7, 11) is 1.69. The highest BCUT2D eigenvalue weighted by atomic mass is 16.5. The number of aryl methyl sites for hydroxylation is 1. The van der Waals surface area contributed by atoms with E-state index < -0.39 is 0 Å². The lowest BCUT2D eigenvalue weighted by atomic mass is 9.99. The number of fused-ring (bicyclic) bond motifs is 1. The Kier molecular flexibility index (Phi) is 4.59. The molecule has 1 fully saturated rings. The van der Waals surface area contributed by atoms with Gasteiger partial charge in [0.25, 0.3) is 0 Å². The molecule has 4 nitrogen and oxygen atoms in total. The number of carbonyl (C=O) groups excluding carboxylic acids is 1. The Hall–Kier alpha value is -2.07. The van der Waals surface area contributed by atoms with Crippen molar-refractivity contribution in [2.45, 2.75) is 12.8 Å². The third-order valence-electron chi connectivity index (χ3n) is 4.28. The molecule has 0 atom stereocenters. The number of hydrogen-bond acceptors (Lipinski definition) is 3. The first-order valence-corrected chi connectivity index (χ1v) is 7.82. The highest BCUT2D eigenvalue weighted by Crippen LogP contribution is 2.29. The number of ether oxygens (including phenoxy) is 1. The summed E-state index contributed by atoms with van der Waals surface area (Å²) in [5.74, 6) is 1.10. The topological polar surface area (TPSA) is 41.6 Å². The van der Waals surface area contributed by atoms with E-state index in [1.54, 1.807) is 7.11 Å². The van der Waals surface area contributed by atoms with Gasteiger partial charge in [0, 0.05) is 38.2 Å². The molecule has 2 aromatic carbocycles. The number of piperazine rings is 1. The molecule has 116 valence electrons. The van der Waals surface area contributed by atoms with Gasteiger partial charge in [-0.05, 0) is 23.3 Å². The molecule has 0 radical (unpaired) electrons. The van der Waals surface area contributed by atoms with Crippen molar-refractivity contribution in [1.29, 1.82) is 0 Å². The van der Waals surface area contributed by atoms with Gasteiger partial charge in [-0.2, -0.15) is 0 Å². The van der Waals surface area contributed by atoms with Gasteiger partial charge < -0.3 is 15.0 Å². The van der Waals surface area contributed by atoms with Crippen LogP contribution in [-0.4, -0.2) is 44.1 Å². The van der Waals surface area contributed by atoms with Gasteiger partial charge in [0.15, 0.2) is 0 Å². The Morgan fingerprint density at radius 1 is 1.18 bits per heavy atom. The zero-order chi connectivity index (χ0) is 15.4. The van der Waals surface area contributed by atoms with E-state index in [1.165, 1.54) is 10.8 Å². The summed E-state index contributed by atoms with van der Waals surface area (Å²) in [6.07, 6.45) is 1.25. The molecule has 1 aliphatic rings. The van der Waals surface area contributed by atoms with E-state index in [2.05, 4.69) is 23.5 Å². The molecular weight excluding hydrogens is 276 g/mol. The molecule has 0 saturated carbocycles. The molecule has 3 rings (SSSR count). The van der Waals surface area contributed by atoms with Gasteiger partial charge in [0.05, 0.1) is 7.11 Å². The lowest BCUT2D eigenvalue weighted by Crippen LogP contribution is -2.46. The summed E-state index contributed by atoms with van der Waals surface area (Å²) >= 11 is 0. The van der Waals surface area contributed by atoms with Gasteiger partial charge in [-0.15, -0.1) is 0 Å². The van der Waals surface area contributed by atoms with Crippen LogP contribution >= 0.6 is 0 Å². The predicted molar refractivity (Wildman–Crippen MR) is 88.3 cm³/mol. The van der Waals surface area contributed by atoms with Gasteiger partial charge in [0.1, 0.15) is 5.75 Å². The monoisotopic (exact) mass is 298 g/mol. The van der Waals surface area contributed by atoms with Crippen molar-refractivity contribution in [3.63, 3.8) is 0 Å². The molecule has 0 bridgehead atoms. The Bertz CT molecular complexity index is 663. The highest BCUT2D eigenvalue weighted by molar-refractivity contribution is 5.88. The normalized spacial score (nSPS) is 15.0. The standard InChI is InChI=1S/C18H22N2O2/c1-22-17-8-6-14-4-2-3-5-15(14)16(17)7-9-18(21)20-12-10-19-11-13-20/h2-6,8,19H,7,9-13H2,1H3. The Labute approximate surface area is 131 Å². The second kappa shape index (κ2) is 6.79. The van der Waals surface area contributed by atoms with Crippen LogP contribution in [0.15, 0.2) is 36.4 Å². The second-order valence-corrected chi connectivity index (χ2v) is 5.60. The number of amides is 1. The van der Waals surface area contributed by atoms with Gasteiger partial charge in [-0.3, -0.25) is 4.79 Å². The van der Waals surface area contributed by atoms with E-state index in [-0.39, 0.29) is 5.91 Å². The van der Waals surface area contributed by atoms with Crippen molar-refractivity contribution in [1.82, 2.24) is 10.2 Å². The first kappa shape index (κ1) is 14.9. The maximum atomic E-state index is 12.4.